The number of imidazole rings is 1. The van der Waals surface area contributed by atoms with Crippen LogP contribution >= 0.6 is 23.2 Å². The van der Waals surface area contributed by atoms with Crippen molar-refractivity contribution in [3.05, 3.63) is 98.3 Å². The molecule has 2 heterocycles. The Bertz CT molecular complexity index is 1680. The van der Waals surface area contributed by atoms with Crippen LogP contribution in [0.3, 0.4) is 0 Å². The van der Waals surface area contributed by atoms with Gasteiger partial charge in [0.15, 0.2) is 0 Å². The average molecular weight is 592 g/mol. The first kappa shape index (κ1) is 28.7. The van der Waals surface area contributed by atoms with Crippen molar-refractivity contribution >= 4 is 40.7 Å². The fourth-order valence-corrected chi connectivity index (χ4v) is 6.03. The molecule has 0 saturated carbocycles. The lowest BCUT2D eigenvalue weighted by atomic mass is 9.90. The van der Waals surface area contributed by atoms with E-state index < -0.39 is 6.04 Å². The molecule has 1 atom stereocenters. The summed E-state index contributed by atoms with van der Waals surface area (Å²) in [6.45, 7) is 8.13. The number of carbonyl (C=O) groups is 2. The second-order valence-corrected chi connectivity index (χ2v) is 11.4. The van der Waals surface area contributed by atoms with Crippen LogP contribution in [0.25, 0.3) is 11.4 Å². The number of benzene rings is 3. The maximum atomic E-state index is 14.0. The van der Waals surface area contributed by atoms with Crippen molar-refractivity contribution in [1.29, 1.82) is 0 Å². The molecular formula is C32H32Cl2N4O3. The van der Waals surface area contributed by atoms with Gasteiger partial charge in [-0.05, 0) is 86.8 Å². The van der Waals surface area contributed by atoms with Crippen LogP contribution < -0.4 is 15.0 Å². The van der Waals surface area contributed by atoms with Gasteiger partial charge in [0.1, 0.15) is 17.6 Å². The molecule has 0 radical (unpaired) electrons. The Hall–Kier alpha value is -3.81. The number of aromatic nitrogens is 2. The number of fused-ring (bicyclic) bond motifs is 1. The molecule has 41 heavy (non-hydrogen) atoms. The predicted molar refractivity (Wildman–Crippen MR) is 163 cm³/mol. The summed E-state index contributed by atoms with van der Waals surface area (Å²) in [5.41, 5.74) is 6.28. The van der Waals surface area contributed by atoms with E-state index in [9.17, 15) is 9.59 Å². The number of aryl methyl sites for hydroxylation is 2. The van der Waals surface area contributed by atoms with E-state index in [-0.39, 0.29) is 24.3 Å². The Kier molecular flexibility index (Phi) is 7.86. The number of nitrogens with one attached hydrogen (secondary N) is 1. The zero-order valence-electron chi connectivity index (χ0n) is 23.9. The Labute approximate surface area is 250 Å². The molecule has 2 amide bonds. The minimum Gasteiger partial charge on any atom is -0.496 e. The van der Waals surface area contributed by atoms with Crippen LogP contribution in [-0.4, -0.2) is 35.5 Å². The zero-order chi connectivity index (χ0) is 29.6. The normalized spacial score (nSPS) is 14.8. The Balaban J connectivity index is 1.85. The van der Waals surface area contributed by atoms with E-state index in [4.69, 9.17) is 32.9 Å². The summed E-state index contributed by atoms with van der Waals surface area (Å²) in [5.74, 6) is 0.902. The van der Waals surface area contributed by atoms with Crippen LogP contribution in [0.5, 0.6) is 5.75 Å². The molecule has 0 bridgehead atoms. The summed E-state index contributed by atoms with van der Waals surface area (Å²) in [6, 6.07) is 16.0. The van der Waals surface area contributed by atoms with Crippen LogP contribution in [0.15, 0.2) is 54.6 Å². The quantitative estimate of drug-likeness (QED) is 0.260. The molecule has 4 aromatic rings. The van der Waals surface area contributed by atoms with Crippen molar-refractivity contribution in [1.82, 2.24) is 14.9 Å². The largest absolute Gasteiger partial charge is 0.496 e. The fraction of sp³-hybridized carbons (Fsp3) is 0.281. The van der Waals surface area contributed by atoms with Crippen LogP contribution in [0.2, 0.25) is 10.0 Å². The Morgan fingerprint density at radius 3 is 2.39 bits per heavy atom. The molecule has 0 saturated heterocycles. The Morgan fingerprint density at radius 2 is 1.73 bits per heavy atom. The number of halogens is 2. The van der Waals surface area contributed by atoms with Gasteiger partial charge in [0.2, 0.25) is 5.91 Å². The standard InChI is InChI=1S/C32H32Cl2N4O3/c1-17(2)37-30-25(36-31(37)24-14-20(32(40)35-5)8-12-27(24)41-6)16-28(39)38(26-15-22(34)9-7-18(26)3)29(30)23-11-10-21(33)13-19(23)4/h7-15,17,29H,16H2,1-6H3,(H,35,40). The molecule has 1 unspecified atom stereocenters. The molecule has 0 aliphatic carbocycles. The molecule has 1 aliphatic heterocycles. The zero-order valence-corrected chi connectivity index (χ0v) is 25.4. The highest BCUT2D eigenvalue weighted by Gasteiger charge is 2.41. The molecule has 1 N–H and O–H groups in total. The topological polar surface area (TPSA) is 76.5 Å². The molecule has 9 heteroatoms. The monoisotopic (exact) mass is 590 g/mol. The number of hydrogen-bond donors (Lipinski definition) is 1. The smallest absolute Gasteiger partial charge is 0.251 e. The van der Waals surface area contributed by atoms with Crippen molar-refractivity contribution in [2.75, 3.05) is 19.1 Å². The van der Waals surface area contributed by atoms with Crippen LogP contribution in [-0.2, 0) is 11.2 Å². The maximum Gasteiger partial charge on any atom is 0.251 e. The lowest BCUT2D eigenvalue weighted by molar-refractivity contribution is -0.118. The number of rotatable bonds is 6. The van der Waals surface area contributed by atoms with E-state index in [1.54, 1.807) is 32.4 Å². The van der Waals surface area contributed by atoms with Gasteiger partial charge in [0.05, 0.1) is 30.5 Å². The maximum absolute atomic E-state index is 14.0. The van der Waals surface area contributed by atoms with Crippen LogP contribution in [0, 0.1) is 13.8 Å². The van der Waals surface area contributed by atoms with Crippen LogP contribution in [0.1, 0.15) is 64.4 Å². The highest BCUT2D eigenvalue weighted by Crippen LogP contribution is 2.45. The SMILES string of the molecule is CNC(=O)c1ccc(OC)c(-c2nc3c(n2C(C)C)C(c2ccc(Cl)cc2C)N(c2cc(Cl)ccc2C)C(=O)C3)c1. The number of nitrogens with zero attached hydrogens (tertiary/aromatic N) is 3. The van der Waals surface area contributed by atoms with E-state index >= 15 is 0 Å². The summed E-state index contributed by atoms with van der Waals surface area (Å²) < 4.78 is 7.88. The van der Waals surface area contributed by atoms with Crippen molar-refractivity contribution in [2.45, 2.75) is 46.2 Å². The number of anilines is 1. The first-order valence-corrected chi connectivity index (χ1v) is 14.2. The fourth-order valence-electron chi connectivity index (χ4n) is 5.64. The van der Waals surface area contributed by atoms with Crippen molar-refractivity contribution in [3.8, 4) is 17.1 Å². The molecule has 0 spiro atoms. The van der Waals surface area contributed by atoms with Crippen molar-refractivity contribution < 1.29 is 14.3 Å². The minimum absolute atomic E-state index is 0.0415. The summed E-state index contributed by atoms with van der Waals surface area (Å²) in [4.78, 5) is 33.5. The third-order valence-electron chi connectivity index (χ3n) is 7.53. The van der Waals surface area contributed by atoms with Crippen molar-refractivity contribution in [2.24, 2.45) is 0 Å². The molecule has 0 fully saturated rings. The van der Waals surface area contributed by atoms with Gasteiger partial charge in [-0.25, -0.2) is 4.98 Å². The van der Waals surface area contributed by atoms with E-state index in [2.05, 4.69) is 23.7 Å². The highest BCUT2D eigenvalue weighted by molar-refractivity contribution is 6.31. The number of ether oxygens (including phenoxy) is 1. The third-order valence-corrected chi connectivity index (χ3v) is 8.00. The molecule has 212 valence electrons. The Morgan fingerprint density at radius 1 is 1.02 bits per heavy atom. The summed E-state index contributed by atoms with van der Waals surface area (Å²) >= 11 is 12.8. The second-order valence-electron chi connectivity index (χ2n) is 10.5. The predicted octanol–water partition coefficient (Wildman–Crippen LogP) is 7.10. The molecular weight excluding hydrogens is 559 g/mol. The van der Waals surface area contributed by atoms with Gasteiger partial charge in [-0.3, -0.25) is 14.5 Å². The summed E-state index contributed by atoms with van der Waals surface area (Å²) in [6.07, 6.45) is 0.106. The number of carbonyl (C=O) groups excluding carboxylic acids is 2. The number of methoxy groups -OCH3 is 1. The number of amides is 2. The van der Waals surface area contributed by atoms with Gasteiger partial charge in [-0.1, -0.05) is 35.3 Å². The molecule has 5 rings (SSSR count). The lowest BCUT2D eigenvalue weighted by Gasteiger charge is -2.38. The first-order chi connectivity index (χ1) is 19.5. The minimum atomic E-state index is -0.502. The van der Waals surface area contributed by atoms with E-state index in [0.717, 1.165) is 28.1 Å². The summed E-state index contributed by atoms with van der Waals surface area (Å²) in [7, 11) is 3.19. The third kappa shape index (κ3) is 5.09. The van der Waals surface area contributed by atoms with Gasteiger partial charge < -0.3 is 14.6 Å². The first-order valence-electron chi connectivity index (χ1n) is 13.4. The molecule has 7 nitrogen and oxygen atoms in total. The van der Waals surface area contributed by atoms with Gasteiger partial charge in [-0.15, -0.1) is 0 Å². The van der Waals surface area contributed by atoms with E-state index in [1.165, 1.54) is 0 Å². The van der Waals surface area contributed by atoms with Gasteiger partial charge in [0, 0.05) is 34.4 Å². The van der Waals surface area contributed by atoms with E-state index in [0.29, 0.717) is 38.4 Å². The van der Waals surface area contributed by atoms with Gasteiger partial charge >= 0.3 is 0 Å². The summed E-state index contributed by atoms with van der Waals surface area (Å²) in [5, 5.41) is 3.85. The van der Waals surface area contributed by atoms with E-state index in [1.807, 2.05) is 55.1 Å². The highest BCUT2D eigenvalue weighted by atomic mass is 35.5. The lowest BCUT2D eigenvalue weighted by Crippen LogP contribution is -2.42. The average Bonchev–Trinajstić information content (AvgIpc) is 3.32. The van der Waals surface area contributed by atoms with Gasteiger partial charge in [0.25, 0.3) is 5.91 Å². The molecule has 3 aromatic carbocycles. The van der Waals surface area contributed by atoms with Crippen LogP contribution in [0.4, 0.5) is 5.69 Å². The van der Waals surface area contributed by atoms with Crippen molar-refractivity contribution in [3.63, 3.8) is 0 Å². The molecule has 1 aliphatic rings. The van der Waals surface area contributed by atoms with Gasteiger partial charge in [-0.2, -0.15) is 0 Å². The number of hydrogen-bond acceptors (Lipinski definition) is 4. The molecule has 1 aromatic heterocycles. The second kappa shape index (κ2) is 11.2.